The SMILES string of the molecule is CC(C)(O)CCCC(C/C=C/C(O)(C(F)(F)F)C(F)(F)F)C1CCC2C(=O)CCC[C@@]21C. The van der Waals surface area contributed by atoms with Gasteiger partial charge < -0.3 is 10.2 Å². The lowest BCUT2D eigenvalue weighted by atomic mass is 9.61. The van der Waals surface area contributed by atoms with Gasteiger partial charge in [-0.2, -0.15) is 26.3 Å². The summed E-state index contributed by atoms with van der Waals surface area (Å²) >= 11 is 0. The summed E-state index contributed by atoms with van der Waals surface area (Å²) in [6, 6.07) is 0. The largest absolute Gasteiger partial charge is 0.429 e. The predicted octanol–water partition coefficient (Wildman–Crippen LogP) is 6.13. The Morgan fingerprint density at radius 3 is 2.22 bits per heavy atom. The van der Waals surface area contributed by atoms with Crippen LogP contribution in [0, 0.1) is 23.2 Å². The summed E-state index contributed by atoms with van der Waals surface area (Å²) in [5.41, 5.74) is -6.16. The summed E-state index contributed by atoms with van der Waals surface area (Å²) < 4.78 is 78.0. The number of allylic oxidation sites excluding steroid dienone is 1. The van der Waals surface area contributed by atoms with Crippen molar-refractivity contribution in [2.24, 2.45) is 23.2 Å². The van der Waals surface area contributed by atoms with Gasteiger partial charge in [0.15, 0.2) is 0 Å². The molecule has 2 saturated carbocycles. The molecule has 2 fully saturated rings. The van der Waals surface area contributed by atoms with Crippen LogP contribution in [0.3, 0.4) is 0 Å². The molecule has 0 saturated heterocycles. The quantitative estimate of drug-likeness (QED) is 0.330. The van der Waals surface area contributed by atoms with Crippen molar-refractivity contribution in [2.45, 2.75) is 102 Å². The van der Waals surface area contributed by atoms with Gasteiger partial charge in [0.25, 0.3) is 5.60 Å². The molecule has 0 aromatic heterocycles. The van der Waals surface area contributed by atoms with E-state index in [0.29, 0.717) is 38.5 Å². The number of carbonyl (C=O) groups excluding carboxylic acids is 1. The first-order chi connectivity index (χ1) is 14.4. The number of hydrogen-bond acceptors (Lipinski definition) is 3. The Morgan fingerprint density at radius 2 is 1.69 bits per heavy atom. The molecular weight excluding hydrogens is 438 g/mol. The van der Waals surface area contributed by atoms with Crippen LogP contribution in [-0.4, -0.2) is 39.6 Å². The van der Waals surface area contributed by atoms with Crippen LogP contribution < -0.4 is 0 Å². The lowest BCUT2D eigenvalue weighted by Gasteiger charge is -2.43. The van der Waals surface area contributed by atoms with Crippen molar-refractivity contribution >= 4 is 5.78 Å². The summed E-state index contributed by atoms with van der Waals surface area (Å²) in [7, 11) is 0. The van der Waals surface area contributed by atoms with Gasteiger partial charge in [-0.15, -0.1) is 0 Å². The monoisotopic (exact) mass is 472 g/mol. The second kappa shape index (κ2) is 9.28. The molecular formula is C23H34F6O3. The Labute approximate surface area is 185 Å². The average molecular weight is 473 g/mol. The molecule has 0 amide bonds. The molecule has 3 nitrogen and oxygen atoms in total. The van der Waals surface area contributed by atoms with Crippen molar-refractivity contribution in [3.05, 3.63) is 12.2 Å². The number of rotatable bonds is 8. The summed E-state index contributed by atoms with van der Waals surface area (Å²) in [6.07, 6.45) is -6.33. The van der Waals surface area contributed by atoms with Crippen LogP contribution in [0.25, 0.3) is 0 Å². The van der Waals surface area contributed by atoms with Crippen molar-refractivity contribution in [3.63, 3.8) is 0 Å². The Hall–Kier alpha value is -1.09. The Balaban J connectivity index is 2.26. The normalized spacial score (nSPS) is 28.9. The highest BCUT2D eigenvalue weighted by molar-refractivity contribution is 5.83. The Bertz CT molecular complexity index is 677. The molecule has 0 spiro atoms. The first-order valence-corrected chi connectivity index (χ1v) is 11.2. The first kappa shape index (κ1) is 27.2. The lowest BCUT2D eigenvalue weighted by Crippen LogP contribution is -2.55. The van der Waals surface area contributed by atoms with E-state index in [1.54, 1.807) is 13.8 Å². The van der Waals surface area contributed by atoms with E-state index in [1.807, 2.05) is 6.92 Å². The zero-order chi connectivity index (χ0) is 24.6. The molecule has 3 unspecified atom stereocenters. The molecule has 4 atom stereocenters. The molecule has 0 radical (unpaired) electrons. The number of fused-ring (bicyclic) bond motifs is 1. The van der Waals surface area contributed by atoms with Gasteiger partial charge in [-0.25, -0.2) is 0 Å². The van der Waals surface area contributed by atoms with E-state index in [9.17, 15) is 41.4 Å². The molecule has 0 aromatic rings. The summed E-state index contributed by atoms with van der Waals surface area (Å²) in [6.45, 7) is 5.30. The highest BCUT2D eigenvalue weighted by Gasteiger charge is 2.69. The second-order valence-corrected chi connectivity index (χ2v) is 10.4. The Kier molecular flexibility index (Phi) is 7.87. The molecule has 2 aliphatic carbocycles. The van der Waals surface area contributed by atoms with E-state index >= 15 is 0 Å². The van der Waals surface area contributed by atoms with Gasteiger partial charge in [0.05, 0.1) is 5.60 Å². The summed E-state index contributed by atoms with van der Waals surface area (Å²) in [5.74, 6) is -0.201. The third-order valence-electron chi connectivity index (χ3n) is 7.53. The van der Waals surface area contributed by atoms with Gasteiger partial charge in [-0.3, -0.25) is 4.79 Å². The van der Waals surface area contributed by atoms with E-state index in [1.165, 1.54) is 0 Å². The minimum atomic E-state index is -5.89. The number of alkyl halides is 6. The number of aliphatic hydroxyl groups is 2. The van der Waals surface area contributed by atoms with Crippen LogP contribution in [-0.2, 0) is 4.79 Å². The lowest BCUT2D eigenvalue weighted by molar-refractivity contribution is -0.347. The number of halogens is 6. The van der Waals surface area contributed by atoms with Gasteiger partial charge in [0.2, 0.25) is 0 Å². The standard InChI is InChI=1S/C23H34F6O3/c1-19(2,31)12-4-7-15(8-5-14-21(32,22(24,25)26)23(27,28)29)16-10-11-17-18(30)9-6-13-20(16,17)3/h5,14-17,31-32H,4,6-13H2,1-3H3/b14-5+/t15?,16?,17?,20-/m1/s1. The third-order valence-corrected chi connectivity index (χ3v) is 7.53. The molecule has 0 bridgehead atoms. The second-order valence-electron chi connectivity index (χ2n) is 10.4. The fourth-order valence-electron chi connectivity index (χ4n) is 5.79. The zero-order valence-corrected chi connectivity index (χ0v) is 18.8. The van der Waals surface area contributed by atoms with Crippen LogP contribution in [0.15, 0.2) is 12.2 Å². The molecule has 0 aromatic carbocycles. The number of ketones is 1. The molecule has 9 heteroatoms. The van der Waals surface area contributed by atoms with Gasteiger partial charge in [-0.1, -0.05) is 19.4 Å². The van der Waals surface area contributed by atoms with E-state index in [4.69, 9.17) is 0 Å². The first-order valence-electron chi connectivity index (χ1n) is 11.2. The van der Waals surface area contributed by atoms with Crippen LogP contribution in [0.4, 0.5) is 26.3 Å². The van der Waals surface area contributed by atoms with Crippen molar-refractivity contribution in [3.8, 4) is 0 Å². The van der Waals surface area contributed by atoms with Crippen molar-refractivity contribution in [1.82, 2.24) is 0 Å². The fraction of sp³-hybridized carbons (Fsp3) is 0.870. The predicted molar refractivity (Wildman–Crippen MR) is 108 cm³/mol. The maximum atomic E-state index is 13.0. The average Bonchev–Trinajstić information content (AvgIpc) is 2.95. The molecule has 186 valence electrons. The highest BCUT2D eigenvalue weighted by Crippen LogP contribution is 2.58. The van der Waals surface area contributed by atoms with Crippen molar-refractivity contribution < 1.29 is 41.4 Å². The van der Waals surface area contributed by atoms with E-state index in [0.717, 1.165) is 18.9 Å². The summed E-state index contributed by atoms with van der Waals surface area (Å²) in [4.78, 5) is 12.4. The van der Waals surface area contributed by atoms with Crippen molar-refractivity contribution in [2.75, 3.05) is 0 Å². The molecule has 32 heavy (non-hydrogen) atoms. The fourth-order valence-corrected chi connectivity index (χ4v) is 5.79. The van der Waals surface area contributed by atoms with Gasteiger partial charge >= 0.3 is 12.4 Å². The van der Waals surface area contributed by atoms with Crippen molar-refractivity contribution in [1.29, 1.82) is 0 Å². The highest BCUT2D eigenvalue weighted by atomic mass is 19.4. The smallest absolute Gasteiger partial charge is 0.390 e. The molecule has 2 N–H and O–H groups in total. The van der Waals surface area contributed by atoms with E-state index in [2.05, 4.69) is 0 Å². The third kappa shape index (κ3) is 5.69. The van der Waals surface area contributed by atoms with Crippen LogP contribution >= 0.6 is 0 Å². The van der Waals surface area contributed by atoms with E-state index in [-0.39, 0.29) is 41.4 Å². The van der Waals surface area contributed by atoms with Crippen LogP contribution in [0.2, 0.25) is 0 Å². The van der Waals surface area contributed by atoms with Crippen LogP contribution in [0.5, 0.6) is 0 Å². The zero-order valence-electron chi connectivity index (χ0n) is 18.8. The Morgan fingerprint density at radius 1 is 1.09 bits per heavy atom. The topological polar surface area (TPSA) is 57.5 Å². The molecule has 2 rings (SSSR count). The number of carbonyl (C=O) groups is 1. The van der Waals surface area contributed by atoms with Gasteiger partial charge in [0.1, 0.15) is 5.78 Å². The van der Waals surface area contributed by atoms with Gasteiger partial charge in [-0.05, 0) is 82.1 Å². The minimum absolute atomic E-state index is 0.0203. The summed E-state index contributed by atoms with van der Waals surface area (Å²) in [5, 5.41) is 19.4. The maximum Gasteiger partial charge on any atom is 0.429 e. The van der Waals surface area contributed by atoms with E-state index < -0.39 is 23.6 Å². The number of Topliss-reactive ketones (excluding diaryl/α,β-unsaturated/α-hetero) is 1. The maximum absolute atomic E-state index is 13.0. The minimum Gasteiger partial charge on any atom is -0.390 e. The van der Waals surface area contributed by atoms with Crippen LogP contribution in [0.1, 0.15) is 78.6 Å². The molecule has 2 aliphatic rings. The number of hydrogen-bond donors (Lipinski definition) is 2. The van der Waals surface area contributed by atoms with Gasteiger partial charge in [0, 0.05) is 12.3 Å². The molecule has 0 heterocycles. The molecule has 0 aliphatic heterocycles.